The van der Waals surface area contributed by atoms with Gasteiger partial charge >= 0.3 is 0 Å². The van der Waals surface area contributed by atoms with Gasteiger partial charge in [-0.2, -0.15) is 5.26 Å². The van der Waals surface area contributed by atoms with E-state index in [1.165, 1.54) is 0 Å². The fourth-order valence-electron chi connectivity index (χ4n) is 1.58. The van der Waals surface area contributed by atoms with E-state index in [9.17, 15) is 0 Å². The summed E-state index contributed by atoms with van der Waals surface area (Å²) in [6.45, 7) is 10.3. The Morgan fingerprint density at radius 1 is 1.29 bits per heavy atom. The molecule has 0 spiro atoms. The quantitative estimate of drug-likeness (QED) is 0.627. The van der Waals surface area contributed by atoms with Gasteiger partial charge in [0.1, 0.15) is 6.07 Å². The average molecular weight is 188 g/mol. The zero-order valence-electron chi connectivity index (χ0n) is 9.47. The van der Waals surface area contributed by atoms with Crippen LogP contribution in [-0.2, 0) is 5.41 Å². The molecule has 74 valence electrons. The molecule has 2 heteroatoms. The highest BCUT2D eigenvalue weighted by atomic mass is 14.7. The predicted molar refractivity (Wildman–Crippen MR) is 57.1 cm³/mol. The molecule has 0 N–H and O–H groups in total. The molecule has 2 nitrogen and oxygen atoms in total. The number of nitrogens with zero attached hydrogens (tertiary/aromatic N) is 2. The number of hydrogen-bond donors (Lipinski definition) is 0. The molecule has 14 heavy (non-hydrogen) atoms. The van der Waals surface area contributed by atoms with Crippen LogP contribution >= 0.6 is 0 Å². The van der Waals surface area contributed by atoms with Gasteiger partial charge in [0, 0.05) is 11.1 Å². The van der Waals surface area contributed by atoms with Crippen LogP contribution in [0.3, 0.4) is 0 Å². The van der Waals surface area contributed by atoms with Crippen molar-refractivity contribution in [2.75, 3.05) is 0 Å². The van der Waals surface area contributed by atoms with Crippen LogP contribution in [0.5, 0.6) is 0 Å². The molecule has 0 aliphatic carbocycles. The van der Waals surface area contributed by atoms with E-state index < -0.39 is 0 Å². The molecule has 0 amide bonds. The van der Waals surface area contributed by atoms with Crippen LogP contribution in [0.25, 0.3) is 0 Å². The van der Waals surface area contributed by atoms with Crippen molar-refractivity contribution >= 4 is 0 Å². The monoisotopic (exact) mass is 188 g/mol. The summed E-state index contributed by atoms with van der Waals surface area (Å²) in [5, 5.41) is 8.85. The molecule has 0 aliphatic rings. The molecule has 0 aromatic carbocycles. The van der Waals surface area contributed by atoms with Crippen LogP contribution in [0.1, 0.15) is 43.3 Å². The molecule has 0 unspecified atom stereocenters. The van der Waals surface area contributed by atoms with Gasteiger partial charge in [0.2, 0.25) is 0 Å². The minimum Gasteiger partial charge on any atom is -0.256 e. The Balaban J connectivity index is 3.38. The third-order valence-electron chi connectivity index (χ3n) is 2.23. The summed E-state index contributed by atoms with van der Waals surface area (Å²) in [5.74, 6) is 0. The first-order valence-corrected chi connectivity index (χ1v) is 4.75. The molecule has 0 aliphatic heterocycles. The maximum absolute atomic E-state index is 8.85. The Bertz CT molecular complexity index is 392. The zero-order valence-corrected chi connectivity index (χ0v) is 9.47. The van der Waals surface area contributed by atoms with Crippen LogP contribution in [0.2, 0.25) is 0 Å². The number of aromatic nitrogens is 1. The molecule has 0 bridgehead atoms. The van der Waals surface area contributed by atoms with E-state index in [2.05, 4.69) is 31.8 Å². The van der Waals surface area contributed by atoms with Gasteiger partial charge in [-0.1, -0.05) is 20.8 Å². The van der Waals surface area contributed by atoms with Gasteiger partial charge in [-0.15, -0.1) is 0 Å². The van der Waals surface area contributed by atoms with Crippen molar-refractivity contribution in [3.63, 3.8) is 0 Å². The molecule has 0 fully saturated rings. The minimum absolute atomic E-state index is 0.0445. The van der Waals surface area contributed by atoms with Crippen LogP contribution in [0.15, 0.2) is 6.07 Å². The maximum Gasteiger partial charge on any atom is 0.101 e. The SMILES string of the molecule is Cc1cc(C#N)c(C)nc1C(C)(C)C. The molecule has 1 aromatic heterocycles. The average Bonchev–Trinajstić information content (AvgIpc) is 2.06. The van der Waals surface area contributed by atoms with E-state index in [1.807, 2.05) is 19.9 Å². The number of pyridine rings is 1. The lowest BCUT2D eigenvalue weighted by Gasteiger charge is -2.21. The first-order valence-electron chi connectivity index (χ1n) is 4.75. The van der Waals surface area contributed by atoms with E-state index in [4.69, 9.17) is 5.26 Å². The first-order chi connectivity index (χ1) is 6.36. The molecular weight excluding hydrogens is 172 g/mol. The van der Waals surface area contributed by atoms with E-state index >= 15 is 0 Å². The third kappa shape index (κ3) is 1.93. The first kappa shape index (κ1) is 10.7. The van der Waals surface area contributed by atoms with Crippen molar-refractivity contribution in [3.8, 4) is 6.07 Å². The second kappa shape index (κ2) is 3.42. The fourth-order valence-corrected chi connectivity index (χ4v) is 1.58. The van der Waals surface area contributed by atoms with Crippen molar-refractivity contribution in [2.45, 2.75) is 40.0 Å². The second-order valence-corrected chi connectivity index (χ2v) is 4.65. The standard InChI is InChI=1S/C12H16N2/c1-8-6-10(7-13)9(2)14-11(8)12(3,4)5/h6H,1-5H3. The zero-order chi connectivity index (χ0) is 10.9. The van der Waals surface area contributed by atoms with Crippen molar-refractivity contribution in [1.29, 1.82) is 5.26 Å². The predicted octanol–water partition coefficient (Wildman–Crippen LogP) is 2.87. The third-order valence-corrected chi connectivity index (χ3v) is 2.23. The van der Waals surface area contributed by atoms with E-state index in [1.54, 1.807) is 0 Å². The number of aryl methyl sites for hydroxylation is 2. The Morgan fingerprint density at radius 2 is 1.86 bits per heavy atom. The molecule has 0 saturated heterocycles. The molecule has 1 aromatic rings. The summed E-state index contributed by atoms with van der Waals surface area (Å²) in [4.78, 5) is 4.49. The van der Waals surface area contributed by atoms with Crippen molar-refractivity contribution in [2.24, 2.45) is 0 Å². The molecular formula is C12H16N2. The Hall–Kier alpha value is -1.36. The van der Waals surface area contributed by atoms with Crippen molar-refractivity contribution in [1.82, 2.24) is 4.98 Å². The lowest BCUT2D eigenvalue weighted by molar-refractivity contribution is 0.562. The molecule has 0 radical (unpaired) electrons. The van der Waals surface area contributed by atoms with Gasteiger partial charge in [-0.05, 0) is 25.5 Å². The van der Waals surface area contributed by atoms with Crippen LogP contribution in [0.4, 0.5) is 0 Å². The molecule has 0 atom stereocenters. The van der Waals surface area contributed by atoms with Gasteiger partial charge < -0.3 is 0 Å². The van der Waals surface area contributed by atoms with Gasteiger partial charge in [0.05, 0.1) is 11.3 Å². The van der Waals surface area contributed by atoms with Gasteiger partial charge in [0.25, 0.3) is 0 Å². The lowest BCUT2D eigenvalue weighted by Crippen LogP contribution is -2.16. The van der Waals surface area contributed by atoms with Crippen molar-refractivity contribution < 1.29 is 0 Å². The fraction of sp³-hybridized carbons (Fsp3) is 0.500. The van der Waals surface area contributed by atoms with Crippen LogP contribution in [0, 0.1) is 25.2 Å². The topological polar surface area (TPSA) is 36.7 Å². The summed E-state index contributed by atoms with van der Waals surface area (Å²) in [6, 6.07) is 4.07. The van der Waals surface area contributed by atoms with E-state index in [-0.39, 0.29) is 5.41 Å². The summed E-state index contributed by atoms with van der Waals surface area (Å²) in [6.07, 6.45) is 0. The van der Waals surface area contributed by atoms with Crippen LogP contribution < -0.4 is 0 Å². The summed E-state index contributed by atoms with van der Waals surface area (Å²) < 4.78 is 0. The van der Waals surface area contributed by atoms with Crippen molar-refractivity contribution in [3.05, 3.63) is 28.6 Å². The number of rotatable bonds is 0. The summed E-state index contributed by atoms with van der Waals surface area (Å²) >= 11 is 0. The smallest absolute Gasteiger partial charge is 0.101 e. The highest BCUT2D eigenvalue weighted by molar-refractivity contribution is 5.39. The molecule has 1 heterocycles. The lowest BCUT2D eigenvalue weighted by atomic mass is 9.88. The minimum atomic E-state index is 0.0445. The van der Waals surface area contributed by atoms with Gasteiger partial charge in [0.15, 0.2) is 0 Å². The molecule has 0 saturated carbocycles. The summed E-state index contributed by atoms with van der Waals surface area (Å²) in [7, 11) is 0. The highest BCUT2D eigenvalue weighted by Gasteiger charge is 2.19. The van der Waals surface area contributed by atoms with Gasteiger partial charge in [-0.3, -0.25) is 4.98 Å². The number of nitriles is 1. The van der Waals surface area contributed by atoms with E-state index in [0.717, 1.165) is 17.0 Å². The van der Waals surface area contributed by atoms with Gasteiger partial charge in [-0.25, -0.2) is 0 Å². The Kier molecular flexibility index (Phi) is 2.62. The highest BCUT2D eigenvalue weighted by Crippen LogP contribution is 2.24. The normalized spacial score (nSPS) is 11.1. The summed E-state index contributed by atoms with van der Waals surface area (Å²) in [5.41, 5.74) is 3.72. The molecule has 1 rings (SSSR count). The number of hydrogen-bond acceptors (Lipinski definition) is 2. The maximum atomic E-state index is 8.85. The Labute approximate surface area is 85.6 Å². The van der Waals surface area contributed by atoms with E-state index in [0.29, 0.717) is 5.56 Å². The Morgan fingerprint density at radius 3 is 2.29 bits per heavy atom. The van der Waals surface area contributed by atoms with Crippen LogP contribution in [-0.4, -0.2) is 4.98 Å². The second-order valence-electron chi connectivity index (χ2n) is 4.65. The largest absolute Gasteiger partial charge is 0.256 e.